The van der Waals surface area contributed by atoms with Crippen molar-refractivity contribution in [3.8, 4) is 11.1 Å². The summed E-state index contributed by atoms with van der Waals surface area (Å²) >= 11 is 0. The van der Waals surface area contributed by atoms with E-state index in [0.29, 0.717) is 115 Å². The SMILES string of the molecule is O=C(CCOCC(COCCC(=O)NCCCCCCOC[C@@]12CO[C@@H](O1)[C@H](Nc1cncc(C(F)(F)F)n1)[C@@H](O)[C@H]2O)(COCCC(=O)NCCCCCCOC[C@@]12CO[C@@H](O1)[C@H](Nc1cncc(C(F)(F)F)n1)[C@@H](O)[C@H]2O)NC(=O)OCC1c2ccccc2-c2ccccc21)NCCCCCCOC[C@@]12CO[C@@H](O1)[C@H](Nc1cncc(C(F)(F)F)n1)[C@@H](O)[C@H]2O. The molecule has 6 bridgehead atoms. The first-order chi connectivity index (χ1) is 60.9. The first kappa shape index (κ1) is 97.5. The van der Waals surface area contributed by atoms with Gasteiger partial charge in [-0.15, -0.1) is 0 Å². The molecule has 3 aromatic heterocycles. The van der Waals surface area contributed by atoms with Gasteiger partial charge in [0.05, 0.1) is 116 Å². The topological polar surface area (TPSA) is 471 Å². The number of nitrogens with one attached hydrogen (secondary N) is 7. The summed E-state index contributed by atoms with van der Waals surface area (Å²) in [7, 11) is 0. The normalized spacial score (nSPS) is 26.0. The van der Waals surface area contributed by atoms with E-state index in [4.69, 9.17) is 61.6 Å². The average molecular weight is 1810 g/mol. The van der Waals surface area contributed by atoms with Crippen molar-refractivity contribution < 1.29 is 151 Å². The molecular formula is C82H108F9N13O23. The Morgan fingerprint density at radius 3 is 1.05 bits per heavy atom. The Morgan fingerprint density at radius 2 is 0.724 bits per heavy atom. The van der Waals surface area contributed by atoms with E-state index >= 15 is 0 Å². The van der Waals surface area contributed by atoms with E-state index in [9.17, 15) is 89.3 Å². The molecule has 0 radical (unpaired) electrons. The highest BCUT2D eigenvalue weighted by atomic mass is 19.4. The maximum atomic E-state index is 14.3. The molecule has 36 nitrogen and oxygen atoms in total. The molecular weight excluding hydrogens is 1710 g/mol. The zero-order valence-electron chi connectivity index (χ0n) is 69.3. The maximum absolute atomic E-state index is 14.3. The van der Waals surface area contributed by atoms with Gasteiger partial charge in [-0.05, 0) is 60.8 Å². The van der Waals surface area contributed by atoms with Crippen molar-refractivity contribution in [3.63, 3.8) is 0 Å². The number of aliphatic hydroxyl groups is 6. The smallest absolute Gasteiger partial charge is 0.434 e. The Morgan fingerprint density at radius 1 is 0.409 bits per heavy atom. The Balaban J connectivity index is 0.585. The molecule has 7 aliphatic rings. The summed E-state index contributed by atoms with van der Waals surface area (Å²) in [6.07, 6.45) is -15.9. The number of amides is 4. The number of fused-ring (bicyclic) bond motifs is 9. The molecule has 4 amide bonds. The van der Waals surface area contributed by atoms with Crippen molar-refractivity contribution in [1.82, 2.24) is 51.2 Å². The third kappa shape index (κ3) is 26.0. The molecule has 2 aromatic carbocycles. The van der Waals surface area contributed by atoms with Crippen LogP contribution in [0.4, 0.5) is 61.8 Å². The van der Waals surface area contributed by atoms with Crippen LogP contribution in [0.5, 0.6) is 0 Å². The van der Waals surface area contributed by atoms with Crippen LogP contribution in [0.3, 0.4) is 0 Å². The van der Waals surface area contributed by atoms with Crippen LogP contribution >= 0.6 is 0 Å². The van der Waals surface area contributed by atoms with E-state index in [1.807, 2.05) is 48.5 Å². The van der Waals surface area contributed by atoms with E-state index in [1.54, 1.807) is 0 Å². The summed E-state index contributed by atoms with van der Waals surface area (Å²) in [5, 5.41) is 85.9. The lowest BCUT2D eigenvalue weighted by Gasteiger charge is -2.42. The number of benzene rings is 2. The third-order valence-electron chi connectivity index (χ3n) is 22.7. The lowest BCUT2D eigenvalue weighted by atomic mass is 9.88. The molecule has 127 heavy (non-hydrogen) atoms. The van der Waals surface area contributed by atoms with Crippen LogP contribution in [-0.2, 0) is 94.5 Å². The first-order valence-corrected chi connectivity index (χ1v) is 42.2. The number of halogens is 9. The van der Waals surface area contributed by atoms with E-state index in [0.717, 1.165) is 40.8 Å². The van der Waals surface area contributed by atoms with Crippen LogP contribution in [0.1, 0.15) is 130 Å². The van der Waals surface area contributed by atoms with E-state index in [1.165, 1.54) is 0 Å². The molecule has 12 rings (SSSR count). The van der Waals surface area contributed by atoms with Crippen molar-refractivity contribution in [1.29, 1.82) is 0 Å². The van der Waals surface area contributed by atoms with Crippen LogP contribution in [0.2, 0.25) is 0 Å². The fourth-order valence-electron chi connectivity index (χ4n) is 15.9. The number of hydrogen-bond donors (Lipinski definition) is 13. The van der Waals surface area contributed by atoms with Crippen molar-refractivity contribution in [3.05, 3.63) is 114 Å². The van der Waals surface area contributed by atoms with E-state index in [-0.39, 0.29) is 166 Å². The lowest BCUT2D eigenvalue weighted by Crippen LogP contribution is -2.64. The molecule has 6 saturated heterocycles. The molecule has 5 aromatic rings. The molecule has 0 saturated carbocycles. The molecule has 0 unspecified atom stereocenters. The maximum Gasteiger partial charge on any atom is 0.434 e. The highest BCUT2D eigenvalue weighted by Gasteiger charge is 2.63. The number of nitrogens with zero attached hydrogens (tertiary/aromatic N) is 6. The van der Waals surface area contributed by atoms with Gasteiger partial charge in [0.25, 0.3) is 0 Å². The Hall–Kier alpha value is -8.59. The van der Waals surface area contributed by atoms with Gasteiger partial charge < -0.3 is 129 Å². The quantitative estimate of drug-likeness (QED) is 0.0180. The number of anilines is 3. The number of hydrogen-bond acceptors (Lipinski definition) is 32. The number of aliphatic hydroxyl groups excluding tert-OH is 6. The summed E-state index contributed by atoms with van der Waals surface area (Å²) < 4.78 is 197. The highest BCUT2D eigenvalue weighted by molar-refractivity contribution is 5.79. The van der Waals surface area contributed by atoms with Crippen molar-refractivity contribution in [2.24, 2.45) is 0 Å². The molecule has 15 atom stereocenters. The lowest BCUT2D eigenvalue weighted by molar-refractivity contribution is -0.229. The summed E-state index contributed by atoms with van der Waals surface area (Å²) in [4.78, 5) is 75.4. The minimum Gasteiger partial charge on any atom is -0.449 e. The van der Waals surface area contributed by atoms with Gasteiger partial charge in [0, 0.05) is 64.6 Å². The van der Waals surface area contributed by atoms with Crippen LogP contribution < -0.4 is 37.2 Å². The number of aromatic nitrogens is 6. The van der Waals surface area contributed by atoms with Crippen molar-refractivity contribution in [2.75, 3.05) is 141 Å². The highest BCUT2D eigenvalue weighted by Crippen LogP contribution is 2.46. The van der Waals surface area contributed by atoms with Crippen molar-refractivity contribution >= 4 is 41.3 Å². The summed E-state index contributed by atoms with van der Waals surface area (Å²) in [5.41, 5.74) is -5.77. The predicted octanol–water partition coefficient (Wildman–Crippen LogP) is 4.97. The van der Waals surface area contributed by atoms with E-state index in [2.05, 4.69) is 67.1 Å². The zero-order valence-corrected chi connectivity index (χ0v) is 69.3. The fraction of sp³-hybridized carbons (Fsp3) is 0.659. The van der Waals surface area contributed by atoms with Gasteiger partial charge in [0.2, 0.25) is 17.7 Å². The summed E-state index contributed by atoms with van der Waals surface area (Å²) in [5.74, 6) is -2.28. The number of ether oxygens (including phenoxy) is 13. The molecule has 45 heteroatoms. The van der Waals surface area contributed by atoms with Crippen molar-refractivity contribution in [2.45, 2.75) is 217 Å². The number of unbranched alkanes of at least 4 members (excludes halogenated alkanes) is 9. The number of alkyl carbamates (subject to hydrolysis) is 1. The fourth-order valence-corrected chi connectivity index (χ4v) is 15.9. The second-order valence-corrected chi connectivity index (χ2v) is 32.4. The largest absolute Gasteiger partial charge is 0.449 e. The van der Waals surface area contributed by atoms with Gasteiger partial charge in [-0.25, -0.2) is 19.7 Å². The average Bonchev–Trinajstić information content (AvgIpc) is 1.62. The second-order valence-electron chi connectivity index (χ2n) is 32.4. The summed E-state index contributed by atoms with van der Waals surface area (Å²) in [6.45, 7) is -0.751. The Bertz CT molecular complexity index is 4000. The molecule has 6 fully saturated rings. The molecule has 13 N–H and O–H groups in total. The zero-order chi connectivity index (χ0) is 90.4. The number of carbonyl (C=O) groups excluding carboxylic acids is 4. The minimum atomic E-state index is -4.77. The van der Waals surface area contributed by atoms with Crippen LogP contribution in [0.15, 0.2) is 85.7 Å². The monoisotopic (exact) mass is 1810 g/mol. The van der Waals surface area contributed by atoms with Gasteiger partial charge in [-0.2, -0.15) is 39.5 Å². The minimum absolute atomic E-state index is 0.0740. The Labute approximate surface area is 723 Å². The molecule has 0 spiro atoms. The van der Waals surface area contributed by atoms with Gasteiger partial charge >= 0.3 is 24.6 Å². The van der Waals surface area contributed by atoms with E-state index < -0.39 is 138 Å². The third-order valence-corrected chi connectivity index (χ3v) is 22.7. The molecule has 702 valence electrons. The van der Waals surface area contributed by atoms with Gasteiger partial charge in [-0.1, -0.05) is 87.1 Å². The molecule has 1 aliphatic carbocycles. The molecule has 6 aliphatic heterocycles. The van der Waals surface area contributed by atoms with Gasteiger partial charge in [0.1, 0.15) is 101 Å². The van der Waals surface area contributed by atoms with Crippen LogP contribution in [0, 0.1) is 0 Å². The number of carbonyl (C=O) groups is 4. The number of alkyl halides is 9. The Kier molecular flexibility index (Phi) is 34.4. The molecule has 9 heterocycles. The van der Waals surface area contributed by atoms with Gasteiger partial charge in [-0.3, -0.25) is 29.3 Å². The first-order valence-electron chi connectivity index (χ1n) is 42.2. The predicted molar refractivity (Wildman–Crippen MR) is 424 cm³/mol. The summed E-state index contributed by atoms with van der Waals surface area (Å²) in [6, 6.07) is 12.0. The van der Waals surface area contributed by atoms with Crippen LogP contribution in [-0.4, -0.2) is 306 Å². The standard InChI is InChI=1S/C82H108F9N13O23/c83-80(84,85)54-33-92-36-57(98-54)101-63-66(108)69(111)77(46-122-72(63)125-77)43-115-27-14-4-1-11-24-95-60(105)21-30-118-40-76(104-75(114)121-39-53-51-19-9-7-17-49(51)50-18-8-10-20-52(50)53,41-119-31-22-61(106)96-25-12-2-5-15-28-116-44-78-47-123-73(126-78)64(67(109)70(78)112)102-58-37-93-34-55(99-58)81(86,87)88)42-120-32-23-62(107)97-26-13-3-6-16-29-117-45-79-48-124-74(127-79)65(68(110)71(79)113)103-59-38-94-35-56(100-59)82(89,90)91/h7-10,17-20,33-38,53,63-74,108-113H,1-6,11-16,21-32,39-48H2,(H,95,105)(H,96,106)(H,97,107)(H,98,101)(H,99,102)(H,100,103)(H,104,114)/t63-,64-,65-,66-,67-,68-,69-,70-,71-,72+,73+,74+,77+,78+,79+/m1/s1. The van der Waals surface area contributed by atoms with Crippen LogP contribution in [0.25, 0.3) is 11.1 Å². The number of rotatable bonds is 51. The van der Waals surface area contributed by atoms with Gasteiger partial charge in [0.15, 0.2) is 36.0 Å². The second kappa shape index (κ2) is 44.8.